The fourth-order valence-corrected chi connectivity index (χ4v) is 4.14. The van der Waals surface area contributed by atoms with Crippen molar-refractivity contribution in [2.75, 3.05) is 6.54 Å². The van der Waals surface area contributed by atoms with Crippen LogP contribution in [-0.4, -0.2) is 21.0 Å². The van der Waals surface area contributed by atoms with Crippen LogP contribution in [-0.2, 0) is 16.6 Å². The number of nitrogens with one attached hydrogen (secondary N) is 2. The van der Waals surface area contributed by atoms with Gasteiger partial charge >= 0.3 is 0 Å². The minimum Gasteiger partial charge on any atom is -0.447 e. The largest absolute Gasteiger partial charge is 0.447 e. The SMILES string of the molecule is CCNCc1ccc(S(=O)(=O)NC2CCCC(C)(C)C2)o1. The summed E-state index contributed by atoms with van der Waals surface area (Å²) in [4.78, 5) is 0. The Morgan fingerprint density at radius 1 is 1.38 bits per heavy atom. The zero-order valence-electron chi connectivity index (χ0n) is 13.1. The maximum atomic E-state index is 12.4. The first-order chi connectivity index (χ1) is 9.82. The summed E-state index contributed by atoms with van der Waals surface area (Å²) in [6.45, 7) is 7.73. The van der Waals surface area contributed by atoms with Crippen molar-refractivity contribution in [1.29, 1.82) is 0 Å². The van der Waals surface area contributed by atoms with Crippen molar-refractivity contribution in [3.63, 3.8) is 0 Å². The average Bonchev–Trinajstić information content (AvgIpc) is 2.84. The summed E-state index contributed by atoms with van der Waals surface area (Å²) in [5.41, 5.74) is 0.199. The Bertz CT molecular complexity index is 563. The van der Waals surface area contributed by atoms with Gasteiger partial charge < -0.3 is 9.73 Å². The second-order valence-electron chi connectivity index (χ2n) is 6.58. The molecule has 1 aromatic heterocycles. The van der Waals surface area contributed by atoms with Gasteiger partial charge in [0.05, 0.1) is 6.54 Å². The molecule has 2 N–H and O–H groups in total. The maximum Gasteiger partial charge on any atom is 0.274 e. The number of hydrogen-bond acceptors (Lipinski definition) is 4. The fourth-order valence-electron chi connectivity index (χ4n) is 2.92. The van der Waals surface area contributed by atoms with Crippen molar-refractivity contribution >= 4 is 10.0 Å². The molecule has 0 amide bonds. The van der Waals surface area contributed by atoms with Gasteiger partial charge in [0.1, 0.15) is 5.76 Å². The predicted octanol–water partition coefficient (Wildman–Crippen LogP) is 2.64. The summed E-state index contributed by atoms with van der Waals surface area (Å²) in [5.74, 6) is 0.640. The van der Waals surface area contributed by atoms with Crippen LogP contribution in [0.15, 0.2) is 21.6 Å². The molecule has 1 unspecified atom stereocenters. The lowest BCUT2D eigenvalue weighted by Gasteiger charge is -2.35. The van der Waals surface area contributed by atoms with Gasteiger partial charge in [-0.25, -0.2) is 13.1 Å². The third-order valence-corrected chi connectivity index (χ3v) is 5.37. The average molecular weight is 314 g/mol. The highest BCUT2D eigenvalue weighted by molar-refractivity contribution is 7.89. The molecule has 1 aliphatic rings. The Balaban J connectivity index is 2.02. The number of hydrogen-bond donors (Lipinski definition) is 2. The summed E-state index contributed by atoms with van der Waals surface area (Å²) >= 11 is 0. The summed E-state index contributed by atoms with van der Waals surface area (Å²) < 4.78 is 33.0. The molecule has 0 spiro atoms. The van der Waals surface area contributed by atoms with E-state index in [1.807, 2.05) is 6.92 Å². The fraction of sp³-hybridized carbons (Fsp3) is 0.733. The normalized spacial score (nSPS) is 22.3. The van der Waals surface area contributed by atoms with Gasteiger partial charge in [-0.1, -0.05) is 27.2 Å². The lowest BCUT2D eigenvalue weighted by atomic mass is 9.75. The Kier molecular flexibility index (Phi) is 5.11. The zero-order valence-corrected chi connectivity index (χ0v) is 13.9. The highest BCUT2D eigenvalue weighted by Gasteiger charge is 2.31. The third kappa shape index (κ3) is 4.56. The van der Waals surface area contributed by atoms with Gasteiger partial charge in [0.25, 0.3) is 10.0 Å². The van der Waals surface area contributed by atoms with E-state index in [9.17, 15) is 8.42 Å². The van der Waals surface area contributed by atoms with Crippen molar-refractivity contribution in [3.8, 4) is 0 Å². The van der Waals surface area contributed by atoms with E-state index in [2.05, 4.69) is 23.9 Å². The van der Waals surface area contributed by atoms with Crippen LogP contribution in [0.3, 0.4) is 0 Å². The molecule has 1 aromatic rings. The van der Waals surface area contributed by atoms with Crippen molar-refractivity contribution in [2.45, 2.75) is 64.1 Å². The van der Waals surface area contributed by atoms with E-state index in [0.29, 0.717) is 12.3 Å². The van der Waals surface area contributed by atoms with E-state index in [0.717, 1.165) is 32.2 Å². The predicted molar refractivity (Wildman–Crippen MR) is 82.4 cm³/mol. The first-order valence-corrected chi connectivity index (χ1v) is 9.12. The van der Waals surface area contributed by atoms with E-state index in [1.165, 1.54) is 6.07 Å². The van der Waals surface area contributed by atoms with Gasteiger partial charge in [-0.3, -0.25) is 0 Å². The molecule has 0 saturated heterocycles. The molecule has 0 radical (unpaired) electrons. The quantitative estimate of drug-likeness (QED) is 0.847. The van der Waals surface area contributed by atoms with Crippen LogP contribution in [0.4, 0.5) is 0 Å². The Hall–Kier alpha value is -0.850. The summed E-state index contributed by atoms with van der Waals surface area (Å²) in [7, 11) is -3.56. The topological polar surface area (TPSA) is 71.3 Å². The number of sulfonamides is 1. The molecule has 120 valence electrons. The van der Waals surface area contributed by atoms with Crippen LogP contribution in [0, 0.1) is 5.41 Å². The van der Waals surface area contributed by atoms with Crippen molar-refractivity contribution in [2.24, 2.45) is 5.41 Å². The van der Waals surface area contributed by atoms with Crippen molar-refractivity contribution in [3.05, 3.63) is 17.9 Å². The molecule has 1 saturated carbocycles. The van der Waals surface area contributed by atoms with Gasteiger partial charge in [0.2, 0.25) is 5.09 Å². The Morgan fingerprint density at radius 3 is 2.81 bits per heavy atom. The maximum absolute atomic E-state index is 12.4. The molecular formula is C15H26N2O3S. The van der Waals surface area contributed by atoms with Crippen LogP contribution in [0.2, 0.25) is 0 Å². The van der Waals surface area contributed by atoms with Crippen molar-refractivity contribution in [1.82, 2.24) is 10.0 Å². The molecule has 0 bridgehead atoms. The monoisotopic (exact) mass is 314 g/mol. The zero-order chi connectivity index (χ0) is 15.5. The van der Waals surface area contributed by atoms with Gasteiger partial charge in [-0.15, -0.1) is 0 Å². The van der Waals surface area contributed by atoms with E-state index in [-0.39, 0.29) is 16.5 Å². The van der Waals surface area contributed by atoms with E-state index < -0.39 is 10.0 Å². The number of furan rings is 1. The van der Waals surface area contributed by atoms with Gasteiger partial charge in [-0.2, -0.15) is 0 Å². The van der Waals surface area contributed by atoms with Crippen LogP contribution in [0.5, 0.6) is 0 Å². The number of rotatable bonds is 6. The van der Waals surface area contributed by atoms with Crippen LogP contribution in [0.25, 0.3) is 0 Å². The molecule has 1 fully saturated rings. The summed E-state index contributed by atoms with van der Waals surface area (Å²) in [6.07, 6.45) is 3.98. The van der Waals surface area contributed by atoms with Crippen LogP contribution >= 0.6 is 0 Å². The molecule has 2 rings (SSSR count). The molecule has 1 heterocycles. The second-order valence-corrected chi connectivity index (χ2v) is 8.22. The minimum absolute atomic E-state index is 0.000988. The molecule has 1 atom stereocenters. The first kappa shape index (κ1) is 16.5. The molecular weight excluding hydrogens is 288 g/mol. The van der Waals surface area contributed by atoms with Crippen LogP contribution in [0.1, 0.15) is 52.2 Å². The molecule has 1 aliphatic carbocycles. The lowest BCUT2D eigenvalue weighted by molar-refractivity contribution is 0.211. The highest BCUT2D eigenvalue weighted by atomic mass is 32.2. The van der Waals surface area contributed by atoms with Gasteiger partial charge in [0.15, 0.2) is 0 Å². The minimum atomic E-state index is -3.56. The Morgan fingerprint density at radius 2 is 2.14 bits per heavy atom. The molecule has 21 heavy (non-hydrogen) atoms. The smallest absolute Gasteiger partial charge is 0.274 e. The first-order valence-electron chi connectivity index (χ1n) is 7.64. The molecule has 5 nitrogen and oxygen atoms in total. The van der Waals surface area contributed by atoms with Crippen molar-refractivity contribution < 1.29 is 12.8 Å². The Labute approximate surface area is 127 Å². The van der Waals surface area contributed by atoms with E-state index in [1.54, 1.807) is 6.07 Å². The van der Waals surface area contributed by atoms with E-state index in [4.69, 9.17) is 4.42 Å². The highest BCUT2D eigenvalue weighted by Crippen LogP contribution is 2.35. The van der Waals surface area contributed by atoms with E-state index >= 15 is 0 Å². The second kappa shape index (κ2) is 6.50. The van der Waals surface area contributed by atoms with Gasteiger partial charge in [0, 0.05) is 6.04 Å². The van der Waals surface area contributed by atoms with Gasteiger partial charge in [-0.05, 0) is 43.4 Å². The molecule has 0 aromatic carbocycles. The molecule has 6 heteroatoms. The summed E-state index contributed by atoms with van der Waals surface area (Å²) in [6, 6.07) is 3.24. The van der Waals surface area contributed by atoms with Crippen LogP contribution < -0.4 is 10.0 Å². The standard InChI is InChI=1S/C15H26N2O3S/c1-4-16-11-13-7-8-14(20-13)21(18,19)17-12-6-5-9-15(2,3)10-12/h7-8,12,16-17H,4-6,9-11H2,1-3H3. The lowest BCUT2D eigenvalue weighted by Crippen LogP contribution is -2.40. The third-order valence-electron chi connectivity index (χ3n) is 3.98. The summed E-state index contributed by atoms with van der Waals surface area (Å²) in [5, 5.41) is 3.13. The molecule has 0 aliphatic heterocycles.